The lowest BCUT2D eigenvalue weighted by Crippen LogP contribution is -2.25. The number of carbonyl (C=O) groups is 2. The number of fused-ring (bicyclic) bond motifs is 1. The van der Waals surface area contributed by atoms with Crippen molar-refractivity contribution in [2.75, 3.05) is 0 Å². The summed E-state index contributed by atoms with van der Waals surface area (Å²) < 4.78 is 4.87. The van der Waals surface area contributed by atoms with Crippen molar-refractivity contribution >= 4 is 22.9 Å². The van der Waals surface area contributed by atoms with Gasteiger partial charge in [-0.25, -0.2) is 4.79 Å². The molecule has 6 heteroatoms. The fraction of sp³-hybridized carbons (Fsp3) is 0.308. The Labute approximate surface area is 108 Å². The number of hydrogen-bond donors (Lipinski definition) is 2. The van der Waals surface area contributed by atoms with Gasteiger partial charge in [0.05, 0.1) is 11.4 Å². The lowest BCUT2D eigenvalue weighted by molar-refractivity contribution is -0.142. The van der Waals surface area contributed by atoms with Gasteiger partial charge in [0, 0.05) is 11.5 Å². The number of hydrogen-bond acceptors (Lipinski definition) is 4. The Morgan fingerprint density at radius 2 is 1.95 bits per heavy atom. The van der Waals surface area contributed by atoms with E-state index in [0.29, 0.717) is 11.1 Å². The number of aromatic amines is 1. The highest BCUT2D eigenvalue weighted by molar-refractivity contribution is 6.01. The number of ketones is 1. The summed E-state index contributed by atoms with van der Waals surface area (Å²) in [5.74, 6) is -3.33. The molecule has 0 bridgehead atoms. The summed E-state index contributed by atoms with van der Waals surface area (Å²) in [5.41, 5.74) is 1.11. The first-order valence-electron chi connectivity index (χ1n) is 5.80. The van der Waals surface area contributed by atoms with Gasteiger partial charge in [0.15, 0.2) is 11.4 Å². The van der Waals surface area contributed by atoms with Crippen molar-refractivity contribution in [1.29, 1.82) is 0 Å². The van der Waals surface area contributed by atoms with E-state index in [1.807, 2.05) is 0 Å². The molecular formula is C13H13NO5. The van der Waals surface area contributed by atoms with Crippen LogP contribution in [0.1, 0.15) is 24.2 Å². The van der Waals surface area contributed by atoms with Crippen LogP contribution in [0.4, 0.5) is 0 Å². The molecule has 1 aromatic carbocycles. The van der Waals surface area contributed by atoms with Crippen LogP contribution in [0.5, 0.6) is 0 Å². The van der Waals surface area contributed by atoms with Gasteiger partial charge in [-0.2, -0.15) is 0 Å². The van der Waals surface area contributed by atoms with Gasteiger partial charge < -0.3 is 9.52 Å². The summed E-state index contributed by atoms with van der Waals surface area (Å²) in [7, 11) is 0. The third kappa shape index (κ3) is 2.42. The number of oxazole rings is 1. The van der Waals surface area contributed by atoms with Crippen LogP contribution in [-0.2, 0) is 4.79 Å². The second kappa shape index (κ2) is 4.72. The molecule has 0 aliphatic rings. The van der Waals surface area contributed by atoms with Crippen molar-refractivity contribution < 1.29 is 19.1 Å². The van der Waals surface area contributed by atoms with Gasteiger partial charge in [0.25, 0.3) is 0 Å². The zero-order valence-corrected chi connectivity index (χ0v) is 10.5. The van der Waals surface area contributed by atoms with Gasteiger partial charge in [-0.1, -0.05) is 13.8 Å². The van der Waals surface area contributed by atoms with E-state index in [2.05, 4.69) is 4.98 Å². The normalized spacial score (nSPS) is 14.2. The van der Waals surface area contributed by atoms with Crippen molar-refractivity contribution in [3.63, 3.8) is 0 Å². The van der Waals surface area contributed by atoms with Gasteiger partial charge in [0.1, 0.15) is 0 Å². The minimum absolute atomic E-state index is 0.283. The molecule has 2 unspecified atom stereocenters. The highest BCUT2D eigenvalue weighted by Crippen LogP contribution is 2.20. The minimum Gasteiger partial charge on any atom is -0.481 e. The van der Waals surface area contributed by atoms with Crippen LogP contribution in [-0.4, -0.2) is 21.8 Å². The first-order chi connectivity index (χ1) is 8.90. The standard InChI is InChI=1S/C13H13NO5/c1-6(7(2)12(16)17)11(15)8-3-4-9-10(5-8)19-13(18)14-9/h3-7H,1-2H3,(H,14,18)(H,16,17). The predicted octanol–water partition coefficient (Wildman–Crippen LogP) is 1.66. The van der Waals surface area contributed by atoms with Gasteiger partial charge in [-0.15, -0.1) is 0 Å². The molecule has 1 aromatic heterocycles. The minimum atomic E-state index is -1.02. The van der Waals surface area contributed by atoms with E-state index in [-0.39, 0.29) is 11.4 Å². The van der Waals surface area contributed by atoms with Crippen molar-refractivity contribution in [3.05, 3.63) is 34.3 Å². The number of H-pyrrole nitrogens is 1. The predicted molar refractivity (Wildman–Crippen MR) is 67.1 cm³/mol. The van der Waals surface area contributed by atoms with E-state index in [4.69, 9.17) is 9.52 Å². The van der Waals surface area contributed by atoms with E-state index in [1.54, 1.807) is 19.1 Å². The van der Waals surface area contributed by atoms with E-state index >= 15 is 0 Å². The molecule has 100 valence electrons. The van der Waals surface area contributed by atoms with Crippen LogP contribution < -0.4 is 5.76 Å². The maximum Gasteiger partial charge on any atom is 0.417 e. The summed E-state index contributed by atoms with van der Waals surface area (Å²) >= 11 is 0. The number of carboxylic acids is 1. The molecule has 0 amide bonds. The molecule has 2 aromatic rings. The molecule has 0 aliphatic carbocycles. The van der Waals surface area contributed by atoms with E-state index in [0.717, 1.165) is 0 Å². The van der Waals surface area contributed by atoms with Crippen LogP contribution in [0.25, 0.3) is 11.1 Å². The van der Waals surface area contributed by atoms with Crippen molar-refractivity contribution in [3.8, 4) is 0 Å². The second-order valence-corrected chi connectivity index (χ2v) is 4.51. The topological polar surface area (TPSA) is 100 Å². The number of aromatic nitrogens is 1. The zero-order valence-electron chi connectivity index (χ0n) is 10.5. The Kier molecular flexibility index (Phi) is 3.25. The third-order valence-corrected chi connectivity index (χ3v) is 3.26. The number of Topliss-reactive ketones (excluding diaryl/α,β-unsaturated/α-hetero) is 1. The van der Waals surface area contributed by atoms with Gasteiger partial charge in [-0.05, 0) is 18.2 Å². The lowest BCUT2D eigenvalue weighted by atomic mass is 9.88. The average molecular weight is 263 g/mol. The fourth-order valence-electron chi connectivity index (χ4n) is 1.80. The van der Waals surface area contributed by atoms with Crippen molar-refractivity contribution in [2.24, 2.45) is 11.8 Å². The quantitative estimate of drug-likeness (QED) is 0.817. The molecule has 2 rings (SSSR count). The number of aliphatic carboxylic acids is 1. The van der Waals surface area contributed by atoms with Crippen LogP contribution in [0.3, 0.4) is 0 Å². The largest absolute Gasteiger partial charge is 0.481 e. The van der Waals surface area contributed by atoms with E-state index in [1.165, 1.54) is 13.0 Å². The molecule has 0 fully saturated rings. The highest BCUT2D eigenvalue weighted by atomic mass is 16.4. The Bertz CT molecular complexity index is 696. The van der Waals surface area contributed by atoms with Gasteiger partial charge in [0.2, 0.25) is 0 Å². The van der Waals surface area contributed by atoms with Gasteiger partial charge >= 0.3 is 11.7 Å². The number of rotatable bonds is 4. The molecule has 0 radical (unpaired) electrons. The smallest absolute Gasteiger partial charge is 0.417 e. The Morgan fingerprint density at radius 3 is 2.58 bits per heavy atom. The SMILES string of the molecule is CC(C(=O)O)C(C)C(=O)c1ccc2[nH]c(=O)oc2c1. The third-order valence-electron chi connectivity index (χ3n) is 3.26. The average Bonchev–Trinajstić information content (AvgIpc) is 2.74. The molecular weight excluding hydrogens is 250 g/mol. The van der Waals surface area contributed by atoms with Gasteiger partial charge in [-0.3, -0.25) is 14.6 Å². The lowest BCUT2D eigenvalue weighted by Gasteiger charge is -2.14. The molecule has 0 spiro atoms. The summed E-state index contributed by atoms with van der Waals surface area (Å²) in [6.45, 7) is 3.05. The molecule has 19 heavy (non-hydrogen) atoms. The maximum absolute atomic E-state index is 12.1. The Balaban J connectivity index is 2.35. The Morgan fingerprint density at radius 1 is 1.26 bits per heavy atom. The molecule has 0 aliphatic heterocycles. The fourth-order valence-corrected chi connectivity index (χ4v) is 1.80. The van der Waals surface area contributed by atoms with Crippen molar-refractivity contribution in [1.82, 2.24) is 4.98 Å². The Hall–Kier alpha value is -2.37. The number of carbonyl (C=O) groups excluding carboxylic acids is 1. The molecule has 2 N–H and O–H groups in total. The first kappa shape index (κ1) is 13.1. The summed E-state index contributed by atoms with van der Waals surface area (Å²) in [4.78, 5) is 36.5. The van der Waals surface area contributed by atoms with Crippen LogP contribution in [0, 0.1) is 11.8 Å². The molecule has 0 saturated heterocycles. The molecule has 0 saturated carbocycles. The number of nitrogens with one attached hydrogen (secondary N) is 1. The van der Waals surface area contributed by atoms with E-state index in [9.17, 15) is 14.4 Å². The number of benzene rings is 1. The monoisotopic (exact) mass is 263 g/mol. The van der Waals surface area contributed by atoms with Crippen LogP contribution in [0.2, 0.25) is 0 Å². The van der Waals surface area contributed by atoms with Crippen LogP contribution >= 0.6 is 0 Å². The van der Waals surface area contributed by atoms with Crippen molar-refractivity contribution in [2.45, 2.75) is 13.8 Å². The highest BCUT2D eigenvalue weighted by Gasteiger charge is 2.26. The zero-order chi connectivity index (χ0) is 14.2. The number of carboxylic acid groups (broad SMARTS) is 1. The maximum atomic E-state index is 12.1. The summed E-state index contributed by atoms with van der Waals surface area (Å²) in [6, 6.07) is 4.55. The summed E-state index contributed by atoms with van der Waals surface area (Å²) in [5, 5.41) is 8.91. The van der Waals surface area contributed by atoms with Crippen LogP contribution in [0.15, 0.2) is 27.4 Å². The van der Waals surface area contributed by atoms with E-state index < -0.39 is 23.6 Å². The molecule has 6 nitrogen and oxygen atoms in total. The molecule has 2 atom stereocenters. The first-order valence-corrected chi connectivity index (χ1v) is 5.80. The molecule has 1 heterocycles. The second-order valence-electron chi connectivity index (χ2n) is 4.51. The summed E-state index contributed by atoms with van der Waals surface area (Å²) in [6.07, 6.45) is 0.